The summed E-state index contributed by atoms with van der Waals surface area (Å²) in [5.41, 5.74) is 3.63. The Kier molecular flexibility index (Phi) is 5.44. The molecule has 3 aromatic carbocycles. The molecule has 0 aliphatic rings. The van der Waals surface area contributed by atoms with Crippen LogP contribution in [-0.2, 0) is 11.2 Å². The summed E-state index contributed by atoms with van der Waals surface area (Å²) in [4.78, 5) is 17.1. The number of methoxy groups -OCH3 is 2. The lowest BCUT2D eigenvalue weighted by molar-refractivity contribution is -0.115. The van der Waals surface area contributed by atoms with Gasteiger partial charge >= 0.3 is 0 Å². The molecule has 0 atom stereocenters. The highest BCUT2D eigenvalue weighted by molar-refractivity contribution is 7.21. The number of amides is 1. The maximum atomic E-state index is 12.4. The van der Waals surface area contributed by atoms with Gasteiger partial charge in [0.05, 0.1) is 30.9 Å². The number of benzene rings is 3. The molecule has 29 heavy (non-hydrogen) atoms. The monoisotopic (exact) mass is 404 g/mol. The number of hydrogen-bond donors (Lipinski definition) is 1. The number of ether oxygens (including phenoxy) is 2. The molecule has 0 aliphatic heterocycles. The van der Waals surface area contributed by atoms with E-state index in [1.54, 1.807) is 31.6 Å². The van der Waals surface area contributed by atoms with E-state index in [9.17, 15) is 4.79 Å². The van der Waals surface area contributed by atoms with Gasteiger partial charge in [-0.05, 0) is 54.1 Å². The highest BCUT2D eigenvalue weighted by atomic mass is 32.1. The number of rotatable bonds is 6. The van der Waals surface area contributed by atoms with E-state index in [0.717, 1.165) is 32.0 Å². The van der Waals surface area contributed by atoms with E-state index in [0.29, 0.717) is 11.5 Å². The summed E-state index contributed by atoms with van der Waals surface area (Å²) in [5.74, 6) is 1.16. The predicted octanol–water partition coefficient (Wildman–Crippen LogP) is 5.16. The molecule has 0 unspecified atom stereocenters. The molecule has 4 rings (SSSR count). The number of anilines is 1. The van der Waals surface area contributed by atoms with E-state index >= 15 is 0 Å². The van der Waals surface area contributed by atoms with Gasteiger partial charge in [-0.2, -0.15) is 0 Å². The predicted molar refractivity (Wildman–Crippen MR) is 117 cm³/mol. The standard InChI is InChI=1S/C23H20N2O3S/c1-27-19-12-7-15(13-20(19)28-2)14-22(26)24-17-10-8-16(9-11-17)23-25-18-5-3-4-6-21(18)29-23/h3-13H,14H2,1-2H3,(H,24,26). The van der Waals surface area contributed by atoms with E-state index in [1.165, 1.54) is 0 Å². The van der Waals surface area contributed by atoms with Crippen molar-refractivity contribution >= 4 is 33.1 Å². The van der Waals surface area contributed by atoms with Crippen molar-refractivity contribution in [1.82, 2.24) is 4.98 Å². The Morgan fingerprint density at radius 1 is 0.966 bits per heavy atom. The molecule has 4 aromatic rings. The zero-order valence-corrected chi connectivity index (χ0v) is 17.0. The number of aromatic nitrogens is 1. The lowest BCUT2D eigenvalue weighted by atomic mass is 10.1. The van der Waals surface area contributed by atoms with Gasteiger partial charge in [0.15, 0.2) is 11.5 Å². The number of carbonyl (C=O) groups is 1. The molecule has 146 valence electrons. The van der Waals surface area contributed by atoms with Crippen molar-refractivity contribution in [2.45, 2.75) is 6.42 Å². The number of fused-ring (bicyclic) bond motifs is 1. The van der Waals surface area contributed by atoms with Crippen molar-refractivity contribution in [3.63, 3.8) is 0 Å². The number of nitrogens with one attached hydrogen (secondary N) is 1. The fourth-order valence-corrected chi connectivity index (χ4v) is 4.04. The van der Waals surface area contributed by atoms with Crippen molar-refractivity contribution in [2.24, 2.45) is 0 Å². The Labute approximate surface area is 172 Å². The van der Waals surface area contributed by atoms with Gasteiger partial charge in [-0.3, -0.25) is 4.79 Å². The topological polar surface area (TPSA) is 60.5 Å². The Morgan fingerprint density at radius 3 is 2.45 bits per heavy atom. The van der Waals surface area contributed by atoms with Crippen LogP contribution in [0.1, 0.15) is 5.56 Å². The molecule has 1 heterocycles. The molecule has 6 heteroatoms. The molecular formula is C23H20N2O3S. The minimum atomic E-state index is -0.0926. The first-order chi connectivity index (χ1) is 14.2. The third kappa shape index (κ3) is 4.22. The highest BCUT2D eigenvalue weighted by Crippen LogP contribution is 2.31. The molecule has 0 spiro atoms. The van der Waals surface area contributed by atoms with Crippen LogP contribution in [0.3, 0.4) is 0 Å². The SMILES string of the molecule is COc1ccc(CC(=O)Nc2ccc(-c3nc4ccccc4s3)cc2)cc1OC. The van der Waals surface area contributed by atoms with E-state index in [2.05, 4.69) is 16.4 Å². The first-order valence-electron chi connectivity index (χ1n) is 9.13. The summed E-state index contributed by atoms with van der Waals surface area (Å²) >= 11 is 1.66. The molecule has 5 nitrogen and oxygen atoms in total. The first-order valence-corrected chi connectivity index (χ1v) is 9.94. The number of nitrogens with zero attached hydrogens (tertiary/aromatic N) is 1. The minimum absolute atomic E-state index is 0.0926. The van der Waals surface area contributed by atoms with E-state index in [4.69, 9.17) is 9.47 Å². The van der Waals surface area contributed by atoms with Crippen molar-refractivity contribution in [3.8, 4) is 22.1 Å². The maximum Gasteiger partial charge on any atom is 0.228 e. The van der Waals surface area contributed by atoms with Gasteiger partial charge in [0, 0.05) is 11.3 Å². The van der Waals surface area contributed by atoms with Crippen LogP contribution in [0.25, 0.3) is 20.8 Å². The molecule has 0 saturated heterocycles. The largest absolute Gasteiger partial charge is 0.493 e. The molecule has 0 bridgehead atoms. The van der Waals surface area contributed by atoms with Crippen molar-refractivity contribution < 1.29 is 14.3 Å². The van der Waals surface area contributed by atoms with Crippen molar-refractivity contribution in [3.05, 3.63) is 72.3 Å². The fraction of sp³-hybridized carbons (Fsp3) is 0.130. The number of thiazole rings is 1. The zero-order chi connectivity index (χ0) is 20.2. The maximum absolute atomic E-state index is 12.4. The summed E-state index contributed by atoms with van der Waals surface area (Å²) < 4.78 is 11.7. The van der Waals surface area contributed by atoms with E-state index in [1.807, 2.05) is 54.6 Å². The van der Waals surface area contributed by atoms with Crippen LogP contribution in [0.15, 0.2) is 66.7 Å². The van der Waals surface area contributed by atoms with Crippen molar-refractivity contribution in [2.75, 3.05) is 19.5 Å². The molecular weight excluding hydrogens is 384 g/mol. The van der Waals surface area contributed by atoms with Gasteiger partial charge in [0.2, 0.25) is 5.91 Å². The highest BCUT2D eigenvalue weighted by Gasteiger charge is 2.10. The van der Waals surface area contributed by atoms with Gasteiger partial charge in [0.25, 0.3) is 0 Å². The van der Waals surface area contributed by atoms with E-state index in [-0.39, 0.29) is 12.3 Å². The Morgan fingerprint density at radius 2 is 1.72 bits per heavy atom. The average Bonchev–Trinajstić information content (AvgIpc) is 3.18. The fourth-order valence-electron chi connectivity index (χ4n) is 3.07. The van der Waals surface area contributed by atoms with Crippen LogP contribution in [0.5, 0.6) is 11.5 Å². The third-order valence-electron chi connectivity index (χ3n) is 4.52. The van der Waals surface area contributed by atoms with Crippen LogP contribution >= 0.6 is 11.3 Å². The molecule has 0 aliphatic carbocycles. The molecule has 0 radical (unpaired) electrons. The van der Waals surface area contributed by atoms with Gasteiger partial charge in [0.1, 0.15) is 5.01 Å². The quantitative estimate of drug-likeness (QED) is 0.482. The molecule has 1 aromatic heterocycles. The van der Waals surface area contributed by atoms with Gasteiger partial charge in [-0.15, -0.1) is 11.3 Å². The van der Waals surface area contributed by atoms with Crippen LogP contribution in [0.2, 0.25) is 0 Å². The normalized spacial score (nSPS) is 10.7. The van der Waals surface area contributed by atoms with Gasteiger partial charge in [-0.1, -0.05) is 18.2 Å². The Balaban J connectivity index is 1.44. The summed E-state index contributed by atoms with van der Waals surface area (Å²) in [6.07, 6.45) is 0.250. The lowest BCUT2D eigenvalue weighted by Gasteiger charge is -2.10. The second-order valence-corrected chi connectivity index (χ2v) is 7.51. The molecule has 1 amide bonds. The second-order valence-electron chi connectivity index (χ2n) is 6.48. The molecule has 1 N–H and O–H groups in total. The summed E-state index contributed by atoms with van der Waals surface area (Å²) in [5, 5.41) is 3.90. The van der Waals surface area contributed by atoms with Crippen LogP contribution in [0.4, 0.5) is 5.69 Å². The molecule has 0 saturated carbocycles. The minimum Gasteiger partial charge on any atom is -0.493 e. The third-order valence-corrected chi connectivity index (χ3v) is 5.61. The summed E-state index contributed by atoms with van der Waals surface area (Å²) in [6, 6.07) is 21.3. The molecule has 0 fully saturated rings. The van der Waals surface area contributed by atoms with Crippen LogP contribution < -0.4 is 14.8 Å². The second kappa shape index (κ2) is 8.32. The number of para-hydroxylation sites is 1. The van der Waals surface area contributed by atoms with Gasteiger partial charge < -0.3 is 14.8 Å². The lowest BCUT2D eigenvalue weighted by Crippen LogP contribution is -2.14. The van der Waals surface area contributed by atoms with Crippen LogP contribution in [0, 0.1) is 0 Å². The Hall–Kier alpha value is -3.38. The van der Waals surface area contributed by atoms with Gasteiger partial charge in [-0.25, -0.2) is 4.98 Å². The van der Waals surface area contributed by atoms with Crippen LogP contribution in [-0.4, -0.2) is 25.1 Å². The average molecular weight is 404 g/mol. The first kappa shape index (κ1) is 19.0. The zero-order valence-electron chi connectivity index (χ0n) is 16.1. The Bertz CT molecular complexity index is 1120. The van der Waals surface area contributed by atoms with E-state index < -0.39 is 0 Å². The smallest absolute Gasteiger partial charge is 0.228 e. The van der Waals surface area contributed by atoms with Crippen molar-refractivity contribution in [1.29, 1.82) is 0 Å². The summed E-state index contributed by atoms with van der Waals surface area (Å²) in [7, 11) is 3.16. The number of carbonyl (C=O) groups excluding carboxylic acids is 1. The number of hydrogen-bond acceptors (Lipinski definition) is 5. The summed E-state index contributed by atoms with van der Waals surface area (Å²) in [6.45, 7) is 0.